The zero-order valence-corrected chi connectivity index (χ0v) is 11.4. The lowest BCUT2D eigenvalue weighted by Gasteiger charge is -2.04. The number of hydrogen-bond acceptors (Lipinski definition) is 5. The summed E-state index contributed by atoms with van der Waals surface area (Å²) in [4.78, 5) is 23.2. The molecule has 0 unspecified atom stereocenters. The molecule has 0 aliphatic rings. The van der Waals surface area contributed by atoms with Gasteiger partial charge in [0, 0.05) is 11.6 Å². The fourth-order valence-corrected chi connectivity index (χ4v) is 1.82. The molecule has 0 aliphatic carbocycles. The number of anilines is 1. The molecule has 6 nitrogen and oxygen atoms in total. The minimum atomic E-state index is -0.525. The molecule has 0 aliphatic heterocycles. The quantitative estimate of drug-likeness (QED) is 0.652. The van der Waals surface area contributed by atoms with Gasteiger partial charge in [-0.25, -0.2) is 4.79 Å². The standard InChI is InChI=1S/C13H12ClN3O3/c1-20-13(19)10-6-12(17-16-10)15-7-11(18)8-4-2-3-5-9(8)14/h2-6H,7H2,1H3,(H2,15,16,17). The Morgan fingerprint density at radius 3 is 2.85 bits per heavy atom. The Morgan fingerprint density at radius 2 is 2.15 bits per heavy atom. The number of esters is 1. The van der Waals surface area contributed by atoms with Gasteiger partial charge in [-0.05, 0) is 12.1 Å². The SMILES string of the molecule is COC(=O)c1cc(NCC(=O)c2ccccc2Cl)n[nH]1. The van der Waals surface area contributed by atoms with Crippen LogP contribution in [0.1, 0.15) is 20.8 Å². The third-order valence-electron chi connectivity index (χ3n) is 2.59. The monoisotopic (exact) mass is 293 g/mol. The third-order valence-corrected chi connectivity index (χ3v) is 2.92. The predicted molar refractivity (Wildman–Crippen MR) is 74.2 cm³/mol. The number of aromatic amines is 1. The predicted octanol–water partition coefficient (Wildman–Crippen LogP) is 2.14. The van der Waals surface area contributed by atoms with Crippen molar-refractivity contribution in [1.29, 1.82) is 0 Å². The normalized spacial score (nSPS) is 10.1. The van der Waals surface area contributed by atoms with Gasteiger partial charge in [0.2, 0.25) is 0 Å². The number of carbonyl (C=O) groups excluding carboxylic acids is 2. The molecule has 20 heavy (non-hydrogen) atoms. The van der Waals surface area contributed by atoms with Gasteiger partial charge in [-0.3, -0.25) is 9.89 Å². The highest BCUT2D eigenvalue weighted by atomic mass is 35.5. The maximum absolute atomic E-state index is 12.0. The van der Waals surface area contributed by atoms with Crippen molar-refractivity contribution in [3.05, 3.63) is 46.6 Å². The summed E-state index contributed by atoms with van der Waals surface area (Å²) in [5, 5.41) is 9.57. The Hall–Kier alpha value is -2.34. The zero-order valence-electron chi connectivity index (χ0n) is 10.6. The highest BCUT2D eigenvalue weighted by Gasteiger charge is 2.12. The second-order valence-corrected chi connectivity index (χ2v) is 4.32. The molecule has 1 aromatic carbocycles. The fourth-order valence-electron chi connectivity index (χ4n) is 1.58. The van der Waals surface area contributed by atoms with Gasteiger partial charge in [-0.15, -0.1) is 0 Å². The number of aromatic nitrogens is 2. The van der Waals surface area contributed by atoms with Crippen molar-refractivity contribution >= 4 is 29.2 Å². The number of nitrogens with one attached hydrogen (secondary N) is 2. The van der Waals surface area contributed by atoms with E-state index in [2.05, 4.69) is 20.3 Å². The van der Waals surface area contributed by atoms with Gasteiger partial charge in [0.1, 0.15) is 11.5 Å². The molecule has 0 amide bonds. The van der Waals surface area contributed by atoms with E-state index in [9.17, 15) is 9.59 Å². The summed E-state index contributed by atoms with van der Waals surface area (Å²) in [6.07, 6.45) is 0. The number of methoxy groups -OCH3 is 1. The lowest BCUT2D eigenvalue weighted by molar-refractivity contribution is 0.0594. The van der Waals surface area contributed by atoms with Crippen LogP contribution in [0.5, 0.6) is 0 Å². The molecule has 2 rings (SSSR count). The van der Waals surface area contributed by atoms with Crippen molar-refractivity contribution in [3.8, 4) is 0 Å². The van der Waals surface area contributed by atoms with Crippen LogP contribution in [-0.2, 0) is 4.74 Å². The molecule has 1 heterocycles. The molecule has 0 fully saturated rings. The van der Waals surface area contributed by atoms with E-state index >= 15 is 0 Å². The summed E-state index contributed by atoms with van der Waals surface area (Å²) in [5.74, 6) is -0.313. The van der Waals surface area contributed by atoms with E-state index in [1.807, 2.05) is 0 Å². The first kappa shape index (κ1) is 14.1. The van der Waals surface area contributed by atoms with E-state index < -0.39 is 5.97 Å². The molecule has 0 saturated carbocycles. The van der Waals surface area contributed by atoms with Crippen LogP contribution in [0.4, 0.5) is 5.82 Å². The summed E-state index contributed by atoms with van der Waals surface area (Å²) in [5.41, 5.74) is 0.644. The van der Waals surface area contributed by atoms with Crippen LogP contribution in [0.15, 0.2) is 30.3 Å². The Bertz CT molecular complexity index is 639. The van der Waals surface area contributed by atoms with Gasteiger partial charge >= 0.3 is 5.97 Å². The molecule has 7 heteroatoms. The van der Waals surface area contributed by atoms with Gasteiger partial charge in [0.05, 0.1) is 18.7 Å². The van der Waals surface area contributed by atoms with Crippen LogP contribution in [0.3, 0.4) is 0 Å². The number of benzene rings is 1. The van der Waals surface area contributed by atoms with Crippen molar-refractivity contribution < 1.29 is 14.3 Å². The van der Waals surface area contributed by atoms with E-state index in [0.717, 1.165) is 0 Å². The van der Waals surface area contributed by atoms with E-state index in [1.165, 1.54) is 13.2 Å². The number of hydrogen-bond donors (Lipinski definition) is 2. The van der Waals surface area contributed by atoms with Crippen molar-refractivity contribution in [2.75, 3.05) is 19.0 Å². The van der Waals surface area contributed by atoms with Gasteiger partial charge in [-0.1, -0.05) is 23.7 Å². The molecule has 0 saturated heterocycles. The smallest absolute Gasteiger partial charge is 0.356 e. The van der Waals surface area contributed by atoms with Crippen molar-refractivity contribution in [3.63, 3.8) is 0 Å². The Balaban J connectivity index is 1.99. The minimum absolute atomic E-state index is 0.0230. The molecular formula is C13H12ClN3O3. The molecule has 104 valence electrons. The summed E-state index contributed by atoms with van der Waals surface area (Å²) in [6, 6.07) is 8.26. The molecule has 2 N–H and O–H groups in total. The summed E-state index contributed by atoms with van der Waals surface area (Å²) < 4.78 is 4.54. The van der Waals surface area contributed by atoms with Crippen molar-refractivity contribution in [2.45, 2.75) is 0 Å². The van der Waals surface area contributed by atoms with Crippen molar-refractivity contribution in [1.82, 2.24) is 10.2 Å². The third kappa shape index (κ3) is 3.16. The van der Waals surface area contributed by atoms with E-state index in [-0.39, 0.29) is 18.0 Å². The molecule has 0 bridgehead atoms. The molecule has 0 atom stereocenters. The summed E-state index contributed by atoms with van der Waals surface area (Å²) in [7, 11) is 1.28. The number of nitrogens with zero attached hydrogens (tertiary/aromatic N) is 1. The number of halogens is 1. The van der Waals surface area contributed by atoms with E-state index in [1.54, 1.807) is 24.3 Å². The van der Waals surface area contributed by atoms with Gasteiger partial charge < -0.3 is 10.1 Å². The molecule has 0 radical (unpaired) electrons. The number of ether oxygens (including phenoxy) is 1. The summed E-state index contributed by atoms with van der Waals surface area (Å²) >= 11 is 5.93. The lowest BCUT2D eigenvalue weighted by atomic mass is 10.1. The maximum Gasteiger partial charge on any atom is 0.356 e. The molecule has 0 spiro atoms. The Morgan fingerprint density at radius 1 is 1.40 bits per heavy atom. The number of rotatable bonds is 5. The largest absolute Gasteiger partial charge is 0.464 e. The zero-order chi connectivity index (χ0) is 14.5. The maximum atomic E-state index is 12.0. The van der Waals surface area contributed by atoms with Gasteiger partial charge in [0.15, 0.2) is 5.78 Å². The topological polar surface area (TPSA) is 84.1 Å². The van der Waals surface area contributed by atoms with Gasteiger partial charge in [-0.2, -0.15) is 5.10 Å². The van der Waals surface area contributed by atoms with Gasteiger partial charge in [0.25, 0.3) is 0 Å². The van der Waals surface area contributed by atoms with E-state index in [0.29, 0.717) is 16.4 Å². The highest BCUT2D eigenvalue weighted by Crippen LogP contribution is 2.15. The Kier molecular flexibility index (Phi) is 4.37. The van der Waals surface area contributed by atoms with Crippen LogP contribution >= 0.6 is 11.6 Å². The van der Waals surface area contributed by atoms with Crippen LogP contribution in [0, 0.1) is 0 Å². The highest BCUT2D eigenvalue weighted by molar-refractivity contribution is 6.34. The molecule has 1 aromatic heterocycles. The lowest BCUT2D eigenvalue weighted by Crippen LogP contribution is -2.14. The minimum Gasteiger partial charge on any atom is -0.464 e. The Labute approximate surface area is 120 Å². The average molecular weight is 294 g/mol. The van der Waals surface area contributed by atoms with Crippen LogP contribution in [-0.4, -0.2) is 35.6 Å². The van der Waals surface area contributed by atoms with Crippen LogP contribution in [0.25, 0.3) is 0 Å². The summed E-state index contributed by atoms with van der Waals surface area (Å²) in [6.45, 7) is 0.0230. The number of ketones is 1. The number of Topliss-reactive ketones (excluding diaryl/α,β-unsaturated/α-hetero) is 1. The molecule has 2 aromatic rings. The number of carbonyl (C=O) groups is 2. The van der Waals surface area contributed by atoms with Crippen molar-refractivity contribution in [2.24, 2.45) is 0 Å². The first-order valence-electron chi connectivity index (χ1n) is 5.77. The first-order chi connectivity index (χ1) is 9.61. The second kappa shape index (κ2) is 6.21. The molecular weight excluding hydrogens is 282 g/mol. The fraction of sp³-hybridized carbons (Fsp3) is 0.154. The first-order valence-corrected chi connectivity index (χ1v) is 6.15. The second-order valence-electron chi connectivity index (χ2n) is 3.92. The average Bonchev–Trinajstić information content (AvgIpc) is 2.93. The van der Waals surface area contributed by atoms with Crippen LogP contribution in [0.2, 0.25) is 5.02 Å². The van der Waals surface area contributed by atoms with E-state index in [4.69, 9.17) is 11.6 Å². The number of H-pyrrole nitrogens is 1. The van der Waals surface area contributed by atoms with Crippen LogP contribution < -0.4 is 5.32 Å².